The molecule has 5 nitrogen and oxygen atoms in total. The van der Waals surface area contributed by atoms with Gasteiger partial charge in [0.1, 0.15) is 5.75 Å². The molecular weight excluding hydrogens is 328 g/mol. The lowest BCUT2D eigenvalue weighted by atomic mass is 10.1. The molecule has 0 fully saturated rings. The molecule has 0 atom stereocenters. The van der Waals surface area contributed by atoms with Crippen LogP contribution in [0, 0.1) is 0 Å². The van der Waals surface area contributed by atoms with E-state index in [2.05, 4.69) is 5.32 Å². The maximum Gasteiger partial charge on any atom is 0.239 e. The number of rotatable bonds is 9. The van der Waals surface area contributed by atoms with E-state index in [1.54, 1.807) is 12.0 Å². The Balaban J connectivity index is 1.77. The van der Waals surface area contributed by atoms with Crippen LogP contribution in [0.4, 0.5) is 0 Å². The molecule has 0 spiro atoms. The first-order valence-corrected chi connectivity index (χ1v) is 8.77. The van der Waals surface area contributed by atoms with E-state index >= 15 is 0 Å². The molecule has 0 aliphatic rings. The van der Waals surface area contributed by atoms with Gasteiger partial charge in [-0.2, -0.15) is 0 Å². The van der Waals surface area contributed by atoms with E-state index < -0.39 is 0 Å². The van der Waals surface area contributed by atoms with E-state index in [1.165, 1.54) is 12.5 Å². The van der Waals surface area contributed by atoms with E-state index in [4.69, 9.17) is 4.74 Å². The van der Waals surface area contributed by atoms with E-state index in [-0.39, 0.29) is 18.4 Å². The maximum absolute atomic E-state index is 12.1. The van der Waals surface area contributed by atoms with Gasteiger partial charge >= 0.3 is 0 Å². The number of methoxy groups -OCH3 is 1. The monoisotopic (exact) mass is 354 g/mol. The molecule has 0 unspecified atom stereocenters. The van der Waals surface area contributed by atoms with Crippen molar-refractivity contribution in [1.29, 1.82) is 0 Å². The molecule has 0 saturated heterocycles. The fraction of sp³-hybridized carbons (Fsp3) is 0.333. The minimum Gasteiger partial charge on any atom is -0.497 e. The van der Waals surface area contributed by atoms with Crippen LogP contribution in [0.3, 0.4) is 0 Å². The van der Waals surface area contributed by atoms with Gasteiger partial charge in [0, 0.05) is 20.0 Å². The summed E-state index contributed by atoms with van der Waals surface area (Å²) in [6, 6.07) is 17.7. The van der Waals surface area contributed by atoms with Crippen LogP contribution in [-0.4, -0.2) is 43.5 Å². The van der Waals surface area contributed by atoms with Crippen LogP contribution in [0.15, 0.2) is 54.6 Å². The molecule has 0 aliphatic carbocycles. The molecule has 2 amide bonds. The highest BCUT2D eigenvalue weighted by Gasteiger charge is 2.13. The van der Waals surface area contributed by atoms with Crippen LogP contribution in [0.25, 0.3) is 0 Å². The molecule has 1 N–H and O–H groups in total. The smallest absolute Gasteiger partial charge is 0.239 e. The quantitative estimate of drug-likeness (QED) is 0.752. The van der Waals surface area contributed by atoms with Gasteiger partial charge in [0.05, 0.1) is 13.7 Å². The molecular formula is C21H26N2O3. The van der Waals surface area contributed by atoms with Crippen LogP contribution in [-0.2, 0) is 22.4 Å². The molecule has 26 heavy (non-hydrogen) atoms. The molecule has 0 aromatic heterocycles. The van der Waals surface area contributed by atoms with Gasteiger partial charge in [-0.3, -0.25) is 9.59 Å². The summed E-state index contributed by atoms with van der Waals surface area (Å²) in [5.41, 5.74) is 2.28. The van der Waals surface area contributed by atoms with Crippen molar-refractivity contribution >= 4 is 11.8 Å². The summed E-state index contributed by atoms with van der Waals surface area (Å²) in [5, 5.41) is 2.88. The number of amides is 2. The van der Waals surface area contributed by atoms with Crippen molar-refractivity contribution < 1.29 is 14.3 Å². The zero-order chi connectivity index (χ0) is 18.8. The normalized spacial score (nSPS) is 10.2. The van der Waals surface area contributed by atoms with Gasteiger partial charge < -0.3 is 15.0 Å². The molecule has 2 aromatic carbocycles. The summed E-state index contributed by atoms with van der Waals surface area (Å²) in [4.78, 5) is 25.5. The van der Waals surface area contributed by atoms with Crippen molar-refractivity contribution in [1.82, 2.24) is 10.2 Å². The van der Waals surface area contributed by atoms with Gasteiger partial charge in [0.2, 0.25) is 11.8 Å². The Labute approximate surface area is 155 Å². The van der Waals surface area contributed by atoms with Crippen molar-refractivity contribution in [3.63, 3.8) is 0 Å². The van der Waals surface area contributed by atoms with Crippen LogP contribution in [0.5, 0.6) is 5.75 Å². The first-order valence-electron chi connectivity index (χ1n) is 8.77. The summed E-state index contributed by atoms with van der Waals surface area (Å²) in [5.74, 6) is 0.567. The molecule has 5 heteroatoms. The highest BCUT2D eigenvalue weighted by molar-refractivity contribution is 5.83. The van der Waals surface area contributed by atoms with E-state index in [1.807, 2.05) is 54.6 Å². The maximum atomic E-state index is 12.1. The summed E-state index contributed by atoms with van der Waals surface area (Å²) in [7, 11) is 1.63. The third-order valence-corrected chi connectivity index (χ3v) is 4.19. The third-order valence-electron chi connectivity index (χ3n) is 4.19. The fourth-order valence-corrected chi connectivity index (χ4v) is 2.62. The molecule has 0 aliphatic heterocycles. The molecule has 0 radical (unpaired) electrons. The van der Waals surface area contributed by atoms with E-state index in [0.29, 0.717) is 19.5 Å². The first kappa shape index (κ1) is 19.5. The van der Waals surface area contributed by atoms with Crippen molar-refractivity contribution in [3.05, 3.63) is 65.7 Å². The van der Waals surface area contributed by atoms with Crippen molar-refractivity contribution in [2.24, 2.45) is 0 Å². The zero-order valence-corrected chi connectivity index (χ0v) is 15.4. The van der Waals surface area contributed by atoms with Gasteiger partial charge in [-0.15, -0.1) is 0 Å². The summed E-state index contributed by atoms with van der Waals surface area (Å²) < 4.78 is 5.14. The second-order valence-corrected chi connectivity index (χ2v) is 6.12. The second-order valence-electron chi connectivity index (χ2n) is 6.12. The number of benzene rings is 2. The minimum absolute atomic E-state index is 0.0836. The highest BCUT2D eigenvalue weighted by atomic mass is 16.5. The Morgan fingerprint density at radius 1 is 0.962 bits per heavy atom. The number of carbonyl (C=O) groups excluding carboxylic acids is 2. The van der Waals surface area contributed by atoms with Crippen molar-refractivity contribution in [2.45, 2.75) is 19.8 Å². The van der Waals surface area contributed by atoms with Crippen molar-refractivity contribution in [2.75, 3.05) is 26.7 Å². The third kappa shape index (κ3) is 6.59. The SMILES string of the molecule is COc1ccc(CCN(CC(=O)NCCc2ccccc2)C(C)=O)cc1. The van der Waals surface area contributed by atoms with Gasteiger partial charge in [-0.25, -0.2) is 0 Å². The first-order chi connectivity index (χ1) is 12.6. The molecule has 2 rings (SSSR count). The lowest BCUT2D eigenvalue weighted by Crippen LogP contribution is -2.41. The van der Waals surface area contributed by atoms with Crippen molar-refractivity contribution in [3.8, 4) is 5.75 Å². The Kier molecular flexibility index (Phi) is 7.68. The van der Waals surface area contributed by atoms with Crippen LogP contribution < -0.4 is 10.1 Å². The lowest BCUT2D eigenvalue weighted by molar-refractivity contribution is -0.134. The Bertz CT molecular complexity index is 699. The van der Waals surface area contributed by atoms with Crippen LogP contribution in [0.1, 0.15) is 18.1 Å². The topological polar surface area (TPSA) is 58.6 Å². The predicted octanol–water partition coefficient (Wildman–Crippen LogP) is 2.45. The molecule has 138 valence electrons. The molecule has 0 saturated carbocycles. The Hall–Kier alpha value is -2.82. The summed E-state index contributed by atoms with van der Waals surface area (Å²) in [6.45, 7) is 2.65. The van der Waals surface area contributed by atoms with Gasteiger partial charge in [-0.05, 0) is 36.1 Å². The van der Waals surface area contributed by atoms with Crippen LogP contribution >= 0.6 is 0 Å². The molecule has 0 heterocycles. The average Bonchev–Trinajstić information content (AvgIpc) is 2.66. The summed E-state index contributed by atoms with van der Waals surface area (Å²) >= 11 is 0. The number of nitrogens with one attached hydrogen (secondary N) is 1. The zero-order valence-electron chi connectivity index (χ0n) is 15.4. The predicted molar refractivity (Wildman–Crippen MR) is 102 cm³/mol. The molecule has 2 aromatic rings. The number of hydrogen-bond acceptors (Lipinski definition) is 3. The largest absolute Gasteiger partial charge is 0.497 e. The average molecular weight is 354 g/mol. The van der Waals surface area contributed by atoms with E-state index in [0.717, 1.165) is 17.7 Å². The number of nitrogens with zero attached hydrogens (tertiary/aromatic N) is 1. The Morgan fingerprint density at radius 2 is 1.62 bits per heavy atom. The summed E-state index contributed by atoms with van der Waals surface area (Å²) in [6.07, 6.45) is 1.47. The number of ether oxygens (including phenoxy) is 1. The Morgan fingerprint density at radius 3 is 2.23 bits per heavy atom. The second kappa shape index (κ2) is 10.2. The lowest BCUT2D eigenvalue weighted by Gasteiger charge is -2.20. The standard InChI is InChI=1S/C21H26N2O3/c1-17(24)23(15-13-19-8-10-20(26-2)11-9-19)16-21(25)22-14-12-18-6-4-3-5-7-18/h3-11H,12-16H2,1-2H3,(H,22,25). The van der Waals surface area contributed by atoms with E-state index in [9.17, 15) is 9.59 Å². The minimum atomic E-state index is -0.133. The van der Waals surface area contributed by atoms with Gasteiger partial charge in [0.15, 0.2) is 0 Å². The fourth-order valence-electron chi connectivity index (χ4n) is 2.62. The number of hydrogen-bond donors (Lipinski definition) is 1. The molecule has 0 bridgehead atoms. The van der Waals surface area contributed by atoms with Crippen LogP contribution in [0.2, 0.25) is 0 Å². The number of carbonyl (C=O) groups is 2. The van der Waals surface area contributed by atoms with Gasteiger partial charge in [0.25, 0.3) is 0 Å². The van der Waals surface area contributed by atoms with Gasteiger partial charge in [-0.1, -0.05) is 42.5 Å². The highest BCUT2D eigenvalue weighted by Crippen LogP contribution is 2.12.